The third-order valence-corrected chi connectivity index (χ3v) is 8.11. The molecule has 0 aliphatic heterocycles. The lowest BCUT2D eigenvalue weighted by molar-refractivity contribution is 0.0949. The first-order valence-electron chi connectivity index (χ1n) is 12.9. The van der Waals surface area contributed by atoms with Gasteiger partial charge < -0.3 is 19.9 Å². The predicted molar refractivity (Wildman–Crippen MR) is 153 cm³/mol. The Kier molecular flexibility index (Phi) is 8.70. The number of nitrogens with zero attached hydrogens (tertiary/aromatic N) is 3. The van der Waals surface area contributed by atoms with Crippen LogP contribution in [0.2, 0.25) is 0 Å². The molecule has 0 atom stereocenters. The minimum Gasteiger partial charge on any atom is -0.457 e. The largest absolute Gasteiger partial charge is 0.457 e. The first-order valence-corrected chi connectivity index (χ1v) is 14.4. The number of fused-ring (bicyclic) bond motifs is 1. The predicted octanol–water partition coefficient (Wildman–Crippen LogP) is 4.82. The molecular formula is C28H33FN6O4S. The van der Waals surface area contributed by atoms with Crippen molar-refractivity contribution in [2.75, 3.05) is 18.4 Å². The molecule has 10 nitrogen and oxygen atoms in total. The average Bonchev–Trinajstić information content (AvgIpc) is 3.21. The number of aryl methyl sites for hydroxylation is 1. The minimum absolute atomic E-state index is 0.0484. The second kappa shape index (κ2) is 12.0. The number of hydrogen-bond donors (Lipinski definition) is 3. The SMILES string of the molecule is CC(C)c1cc(Nc2nc3cc(Oc4ccnc(C(=O)NCCNS(=O)(=O)C(C)C)c4)ccc3n2C)ccc1F. The minimum atomic E-state index is -3.40. The lowest BCUT2D eigenvalue weighted by Crippen LogP contribution is -2.37. The highest BCUT2D eigenvalue weighted by atomic mass is 32.2. The summed E-state index contributed by atoms with van der Waals surface area (Å²) in [6.45, 7) is 7.22. The summed E-state index contributed by atoms with van der Waals surface area (Å²) in [6, 6.07) is 13.5. The summed E-state index contributed by atoms with van der Waals surface area (Å²) in [6.07, 6.45) is 1.46. The fraction of sp³-hybridized carbons (Fsp3) is 0.321. The van der Waals surface area contributed by atoms with Crippen LogP contribution in [0.5, 0.6) is 11.5 Å². The number of pyridine rings is 1. The Morgan fingerprint density at radius 2 is 1.77 bits per heavy atom. The molecule has 1 amide bonds. The molecule has 2 aromatic heterocycles. The van der Waals surface area contributed by atoms with Crippen molar-refractivity contribution in [2.45, 2.75) is 38.9 Å². The summed E-state index contributed by atoms with van der Waals surface area (Å²) < 4.78 is 48.1. The highest BCUT2D eigenvalue weighted by Crippen LogP contribution is 2.29. The van der Waals surface area contributed by atoms with Crippen molar-refractivity contribution in [1.82, 2.24) is 24.6 Å². The highest BCUT2D eigenvalue weighted by Gasteiger charge is 2.16. The van der Waals surface area contributed by atoms with Crippen molar-refractivity contribution in [3.05, 3.63) is 71.8 Å². The van der Waals surface area contributed by atoms with E-state index in [9.17, 15) is 17.6 Å². The van der Waals surface area contributed by atoms with Crippen LogP contribution in [-0.4, -0.2) is 47.2 Å². The van der Waals surface area contributed by atoms with Gasteiger partial charge in [-0.15, -0.1) is 0 Å². The lowest BCUT2D eigenvalue weighted by Gasteiger charge is -2.11. The zero-order chi connectivity index (χ0) is 29.0. The number of nitrogens with one attached hydrogen (secondary N) is 3. The van der Waals surface area contributed by atoms with Gasteiger partial charge in [0.2, 0.25) is 16.0 Å². The Labute approximate surface area is 233 Å². The number of anilines is 2. The van der Waals surface area contributed by atoms with E-state index in [1.165, 1.54) is 18.3 Å². The van der Waals surface area contributed by atoms with Gasteiger partial charge in [-0.3, -0.25) is 9.78 Å². The van der Waals surface area contributed by atoms with Crippen molar-refractivity contribution in [3.63, 3.8) is 0 Å². The quantitative estimate of drug-likeness (QED) is 0.221. The normalized spacial score (nSPS) is 11.8. The first kappa shape index (κ1) is 29.0. The van der Waals surface area contributed by atoms with Crippen LogP contribution in [0.4, 0.5) is 16.0 Å². The Bertz CT molecular complexity index is 1640. The molecule has 0 saturated carbocycles. The van der Waals surface area contributed by atoms with Crippen molar-refractivity contribution >= 4 is 38.6 Å². The molecule has 0 radical (unpaired) electrons. The maximum Gasteiger partial charge on any atom is 0.270 e. The summed E-state index contributed by atoms with van der Waals surface area (Å²) in [5, 5.41) is 5.35. The molecule has 0 aliphatic carbocycles. The molecule has 212 valence electrons. The number of ether oxygens (including phenoxy) is 1. The molecule has 0 saturated heterocycles. The van der Waals surface area contributed by atoms with E-state index in [1.807, 2.05) is 31.5 Å². The van der Waals surface area contributed by atoms with E-state index in [0.717, 1.165) is 11.2 Å². The van der Waals surface area contributed by atoms with Crippen molar-refractivity contribution in [3.8, 4) is 11.5 Å². The topological polar surface area (TPSA) is 127 Å². The Balaban J connectivity index is 1.43. The number of carbonyl (C=O) groups excluding carboxylic acids is 1. The van der Waals surface area contributed by atoms with Crippen LogP contribution < -0.4 is 20.1 Å². The van der Waals surface area contributed by atoms with Crippen molar-refractivity contribution in [2.24, 2.45) is 7.05 Å². The van der Waals surface area contributed by atoms with Gasteiger partial charge in [-0.2, -0.15) is 0 Å². The molecule has 4 aromatic rings. The fourth-order valence-electron chi connectivity index (χ4n) is 3.91. The Morgan fingerprint density at radius 3 is 2.50 bits per heavy atom. The zero-order valence-corrected chi connectivity index (χ0v) is 23.8. The third-order valence-electron chi connectivity index (χ3n) is 6.26. The number of hydrogen-bond acceptors (Lipinski definition) is 7. The molecule has 0 spiro atoms. The van der Waals surface area contributed by atoms with Crippen LogP contribution in [0.25, 0.3) is 11.0 Å². The van der Waals surface area contributed by atoms with Gasteiger partial charge >= 0.3 is 0 Å². The molecule has 3 N–H and O–H groups in total. The lowest BCUT2D eigenvalue weighted by atomic mass is 10.0. The number of carbonyl (C=O) groups is 1. The fourth-order valence-corrected chi connectivity index (χ4v) is 4.63. The molecule has 4 rings (SSSR count). The molecule has 2 heterocycles. The second-order valence-corrected chi connectivity index (χ2v) is 12.2. The average molecular weight is 569 g/mol. The number of rotatable bonds is 11. The van der Waals surface area contributed by atoms with Crippen LogP contribution in [-0.2, 0) is 17.1 Å². The van der Waals surface area contributed by atoms with E-state index in [1.54, 1.807) is 44.2 Å². The van der Waals surface area contributed by atoms with Crippen LogP contribution in [0.15, 0.2) is 54.7 Å². The molecule has 40 heavy (non-hydrogen) atoms. The van der Waals surface area contributed by atoms with E-state index >= 15 is 0 Å². The summed E-state index contributed by atoms with van der Waals surface area (Å²) in [7, 11) is -1.52. The van der Waals surface area contributed by atoms with Crippen LogP contribution in [0.1, 0.15) is 49.7 Å². The van der Waals surface area contributed by atoms with E-state index in [2.05, 4.69) is 25.3 Å². The molecular weight excluding hydrogens is 535 g/mol. The Morgan fingerprint density at radius 1 is 1.02 bits per heavy atom. The number of aromatic nitrogens is 3. The van der Waals surface area contributed by atoms with Gasteiger partial charge in [-0.25, -0.2) is 22.5 Å². The smallest absolute Gasteiger partial charge is 0.270 e. The molecule has 0 fully saturated rings. The van der Waals surface area contributed by atoms with Crippen LogP contribution >= 0.6 is 0 Å². The first-order chi connectivity index (χ1) is 18.9. The van der Waals surface area contributed by atoms with E-state index in [-0.39, 0.29) is 30.5 Å². The number of benzene rings is 2. The van der Waals surface area contributed by atoms with Crippen LogP contribution in [0, 0.1) is 5.82 Å². The summed E-state index contributed by atoms with van der Waals surface area (Å²) in [5.41, 5.74) is 3.05. The highest BCUT2D eigenvalue weighted by molar-refractivity contribution is 7.90. The number of amides is 1. The van der Waals surface area contributed by atoms with Crippen molar-refractivity contribution in [1.29, 1.82) is 0 Å². The summed E-state index contributed by atoms with van der Waals surface area (Å²) >= 11 is 0. The van der Waals surface area contributed by atoms with E-state index in [4.69, 9.17) is 4.74 Å². The molecule has 0 unspecified atom stereocenters. The molecule has 12 heteroatoms. The van der Waals surface area contributed by atoms with E-state index < -0.39 is 21.2 Å². The maximum absolute atomic E-state index is 14.1. The summed E-state index contributed by atoms with van der Waals surface area (Å²) in [4.78, 5) is 21.3. The number of halogens is 1. The van der Waals surface area contributed by atoms with Gasteiger partial charge in [0, 0.05) is 44.2 Å². The van der Waals surface area contributed by atoms with Gasteiger partial charge in [0.25, 0.3) is 5.91 Å². The maximum atomic E-state index is 14.1. The molecule has 2 aromatic carbocycles. The van der Waals surface area contributed by atoms with Gasteiger partial charge in [-0.05, 0) is 61.7 Å². The number of imidazole rings is 1. The summed E-state index contributed by atoms with van der Waals surface area (Å²) in [5.74, 6) is 0.868. The van der Waals surface area contributed by atoms with Gasteiger partial charge in [0.1, 0.15) is 23.0 Å². The van der Waals surface area contributed by atoms with Gasteiger partial charge in [0.15, 0.2) is 0 Å². The Hall–Kier alpha value is -4.03. The van der Waals surface area contributed by atoms with Gasteiger partial charge in [0.05, 0.1) is 16.3 Å². The molecule has 0 aliphatic rings. The molecule has 0 bridgehead atoms. The van der Waals surface area contributed by atoms with E-state index in [0.29, 0.717) is 28.5 Å². The van der Waals surface area contributed by atoms with Gasteiger partial charge in [-0.1, -0.05) is 13.8 Å². The third kappa shape index (κ3) is 6.75. The number of sulfonamides is 1. The standard InChI is InChI=1S/C28H33FN6O4S/c1-17(2)22-14-19(6-8-23(22)29)33-28-34-24-15-20(7-9-26(24)35(28)5)39-21-10-11-30-25(16-21)27(36)31-12-13-32-40(37,38)18(3)4/h6-11,14-18,32H,12-13H2,1-5H3,(H,31,36)(H,33,34). The monoisotopic (exact) mass is 568 g/mol. The van der Waals surface area contributed by atoms with Crippen molar-refractivity contribution < 1.29 is 22.3 Å². The second-order valence-electron chi connectivity index (χ2n) is 9.88. The van der Waals surface area contributed by atoms with Crippen LogP contribution in [0.3, 0.4) is 0 Å². The zero-order valence-electron chi connectivity index (χ0n) is 23.0.